The zero-order chi connectivity index (χ0) is 27.1. The van der Waals surface area contributed by atoms with Crippen molar-refractivity contribution in [1.29, 1.82) is 0 Å². The summed E-state index contributed by atoms with van der Waals surface area (Å²) in [6, 6.07) is 1.62. The van der Waals surface area contributed by atoms with Crippen LogP contribution >= 0.6 is 0 Å². The van der Waals surface area contributed by atoms with E-state index in [1.54, 1.807) is 4.90 Å². The lowest BCUT2D eigenvalue weighted by Crippen LogP contribution is -2.48. The fourth-order valence-corrected chi connectivity index (χ4v) is 4.38. The molecular formula is C24H27F3N6O4. The molecule has 10 nitrogen and oxygen atoms in total. The van der Waals surface area contributed by atoms with Gasteiger partial charge in [0.05, 0.1) is 36.3 Å². The Hall–Kier alpha value is -3.74. The van der Waals surface area contributed by atoms with E-state index in [-0.39, 0.29) is 57.7 Å². The van der Waals surface area contributed by atoms with Crippen molar-refractivity contribution in [1.82, 2.24) is 24.8 Å². The van der Waals surface area contributed by atoms with E-state index in [0.717, 1.165) is 6.07 Å². The molecule has 3 aromatic rings. The number of amides is 1. The summed E-state index contributed by atoms with van der Waals surface area (Å²) in [6.07, 6.45) is -3.69. The molecule has 1 aliphatic rings. The molecule has 3 atom stereocenters. The third-order valence-electron chi connectivity index (χ3n) is 5.96. The number of halogens is 3. The lowest BCUT2D eigenvalue weighted by molar-refractivity contribution is -0.141. The van der Waals surface area contributed by atoms with E-state index in [2.05, 4.69) is 25.3 Å². The highest BCUT2D eigenvalue weighted by molar-refractivity contribution is 5.95. The second-order valence-corrected chi connectivity index (χ2v) is 9.05. The van der Waals surface area contributed by atoms with Gasteiger partial charge in [0.15, 0.2) is 22.9 Å². The smallest absolute Gasteiger partial charge is 0.433 e. The molecular weight excluding hydrogens is 493 g/mol. The lowest BCUT2D eigenvalue weighted by Gasteiger charge is -2.35. The summed E-state index contributed by atoms with van der Waals surface area (Å²) in [5, 5.41) is 2.82. The molecule has 4 rings (SSSR count). The van der Waals surface area contributed by atoms with Crippen molar-refractivity contribution in [2.75, 3.05) is 25.5 Å². The van der Waals surface area contributed by atoms with Gasteiger partial charge in [-0.15, -0.1) is 0 Å². The van der Waals surface area contributed by atoms with E-state index in [9.17, 15) is 22.8 Å². The van der Waals surface area contributed by atoms with E-state index in [1.165, 1.54) is 33.2 Å². The molecule has 0 radical (unpaired) electrons. The Morgan fingerprint density at radius 3 is 2.54 bits per heavy atom. The summed E-state index contributed by atoms with van der Waals surface area (Å²) in [7, 11) is 1.37. The number of ether oxygens (including phenoxy) is 2. The van der Waals surface area contributed by atoms with Crippen LogP contribution in [0.3, 0.4) is 0 Å². The predicted octanol–water partition coefficient (Wildman–Crippen LogP) is 3.47. The molecule has 1 fully saturated rings. The molecule has 3 aromatic heterocycles. The van der Waals surface area contributed by atoms with Gasteiger partial charge in [-0.2, -0.15) is 13.2 Å². The quantitative estimate of drug-likeness (QED) is 0.525. The number of aromatic amines is 1. The van der Waals surface area contributed by atoms with Crippen LogP contribution in [0.5, 0.6) is 5.75 Å². The van der Waals surface area contributed by atoms with Crippen LogP contribution in [0.15, 0.2) is 23.1 Å². The molecule has 1 saturated heterocycles. The molecule has 0 aliphatic carbocycles. The number of alkyl halides is 3. The van der Waals surface area contributed by atoms with Crippen LogP contribution in [-0.4, -0.2) is 63.2 Å². The highest BCUT2D eigenvalue weighted by Crippen LogP contribution is 2.36. The number of methoxy groups -OCH3 is 1. The number of hydrogen-bond acceptors (Lipinski definition) is 8. The van der Waals surface area contributed by atoms with Crippen LogP contribution in [0.4, 0.5) is 19.0 Å². The van der Waals surface area contributed by atoms with Crippen molar-refractivity contribution < 1.29 is 27.4 Å². The van der Waals surface area contributed by atoms with E-state index in [4.69, 9.17) is 9.47 Å². The summed E-state index contributed by atoms with van der Waals surface area (Å²) in [4.78, 5) is 41.4. The number of nitrogens with one attached hydrogen (secondary N) is 2. The summed E-state index contributed by atoms with van der Waals surface area (Å²) in [6.45, 7) is 7.54. The van der Waals surface area contributed by atoms with Gasteiger partial charge < -0.3 is 24.7 Å². The third kappa shape index (κ3) is 5.50. The number of anilines is 1. The minimum atomic E-state index is -4.79. The number of carbonyl (C=O) groups excluding carboxylic acids is 1. The van der Waals surface area contributed by atoms with Crippen molar-refractivity contribution >= 4 is 22.8 Å². The first kappa shape index (κ1) is 26.3. The first-order chi connectivity index (χ1) is 17.4. The van der Waals surface area contributed by atoms with Gasteiger partial charge in [-0.1, -0.05) is 0 Å². The molecule has 0 spiro atoms. The van der Waals surface area contributed by atoms with Crippen LogP contribution < -0.4 is 15.6 Å². The second-order valence-electron chi connectivity index (χ2n) is 9.05. The van der Waals surface area contributed by atoms with Crippen LogP contribution in [0.25, 0.3) is 11.0 Å². The van der Waals surface area contributed by atoms with Crippen molar-refractivity contribution in [3.8, 4) is 5.75 Å². The molecule has 2 N–H and O–H groups in total. The molecule has 0 saturated carbocycles. The Morgan fingerprint density at radius 2 is 1.92 bits per heavy atom. The van der Waals surface area contributed by atoms with Crippen LogP contribution in [0.2, 0.25) is 0 Å². The molecule has 0 unspecified atom stereocenters. The summed E-state index contributed by atoms with van der Waals surface area (Å²) in [5.74, 6) is 0.193. The Bertz CT molecular complexity index is 1380. The maximum absolute atomic E-state index is 13.9. The van der Waals surface area contributed by atoms with Gasteiger partial charge >= 0.3 is 6.18 Å². The SMILES string of the molecule is COc1cc(C(=O)N2C[C@@H](C)O[C@@H](C)C2)cnc1N[C@H](C)c1cc2c(=O)[nH]c(C)nc2nc1C(F)(F)F. The summed E-state index contributed by atoms with van der Waals surface area (Å²) in [5.41, 5.74) is -2.06. The molecule has 0 bridgehead atoms. The first-order valence-electron chi connectivity index (χ1n) is 11.6. The highest BCUT2D eigenvalue weighted by Gasteiger charge is 2.38. The number of carbonyl (C=O) groups is 1. The largest absolute Gasteiger partial charge is 0.493 e. The molecule has 0 aromatic carbocycles. The number of hydrogen-bond donors (Lipinski definition) is 2. The Balaban J connectivity index is 1.66. The number of aromatic nitrogens is 4. The third-order valence-corrected chi connectivity index (χ3v) is 5.96. The second kappa shape index (κ2) is 9.96. The number of fused-ring (bicyclic) bond motifs is 1. The lowest BCUT2D eigenvalue weighted by atomic mass is 10.0. The van der Waals surface area contributed by atoms with E-state index in [1.807, 2.05) is 13.8 Å². The van der Waals surface area contributed by atoms with Crippen molar-refractivity contribution in [2.45, 2.75) is 52.1 Å². The molecule has 13 heteroatoms. The normalized spacial score (nSPS) is 19.1. The molecule has 1 aliphatic heterocycles. The van der Waals surface area contributed by atoms with Gasteiger partial charge in [-0.25, -0.2) is 15.0 Å². The van der Waals surface area contributed by atoms with Gasteiger partial charge in [0.25, 0.3) is 11.5 Å². The highest BCUT2D eigenvalue weighted by atomic mass is 19.4. The number of nitrogens with zero attached hydrogens (tertiary/aromatic N) is 4. The zero-order valence-electron chi connectivity index (χ0n) is 20.9. The minimum Gasteiger partial charge on any atom is -0.493 e. The summed E-state index contributed by atoms with van der Waals surface area (Å²) >= 11 is 0. The van der Waals surface area contributed by atoms with Gasteiger partial charge in [0.2, 0.25) is 0 Å². The monoisotopic (exact) mass is 520 g/mol. The van der Waals surface area contributed by atoms with Crippen LogP contribution in [0, 0.1) is 6.92 Å². The first-order valence-corrected chi connectivity index (χ1v) is 11.6. The fraction of sp³-hybridized carbons (Fsp3) is 0.458. The Morgan fingerprint density at radius 1 is 1.24 bits per heavy atom. The number of pyridine rings is 2. The van der Waals surface area contributed by atoms with Crippen LogP contribution in [0.1, 0.15) is 54.3 Å². The minimum absolute atomic E-state index is 0.0721. The fourth-order valence-electron chi connectivity index (χ4n) is 4.38. The van der Waals surface area contributed by atoms with Gasteiger partial charge in [-0.3, -0.25) is 9.59 Å². The van der Waals surface area contributed by atoms with Gasteiger partial charge in [0.1, 0.15) is 5.82 Å². The Labute approximate surface area is 210 Å². The van der Waals surface area contributed by atoms with Crippen LogP contribution in [-0.2, 0) is 10.9 Å². The number of aryl methyl sites for hydroxylation is 1. The van der Waals surface area contributed by atoms with Crippen molar-refractivity contribution in [3.05, 3.63) is 51.3 Å². The van der Waals surface area contributed by atoms with Crippen molar-refractivity contribution in [3.63, 3.8) is 0 Å². The van der Waals surface area contributed by atoms with Gasteiger partial charge in [0, 0.05) is 24.8 Å². The van der Waals surface area contributed by atoms with E-state index >= 15 is 0 Å². The molecule has 4 heterocycles. The van der Waals surface area contributed by atoms with Gasteiger partial charge in [-0.05, 0) is 39.8 Å². The standard InChI is InChI=1S/C24H27F3N6O4/c1-11-9-33(10-12(2)37-11)23(35)15-6-18(36-5)21(28-8-15)29-13(3)16-7-17-20(30-14(4)31-22(17)34)32-19(16)24(25,26)27/h6-8,11-13H,9-10H2,1-5H3,(H,28,29)(H,30,31,32,34)/t11-,12+,13-/m1/s1. The van der Waals surface area contributed by atoms with Crippen molar-refractivity contribution in [2.24, 2.45) is 0 Å². The predicted molar refractivity (Wildman–Crippen MR) is 129 cm³/mol. The molecule has 37 heavy (non-hydrogen) atoms. The number of morpholine rings is 1. The summed E-state index contributed by atoms with van der Waals surface area (Å²) < 4.78 is 52.8. The number of H-pyrrole nitrogens is 1. The average molecular weight is 521 g/mol. The van der Waals surface area contributed by atoms with E-state index in [0.29, 0.717) is 13.1 Å². The molecule has 1 amide bonds. The number of rotatable bonds is 5. The zero-order valence-corrected chi connectivity index (χ0v) is 20.9. The maximum Gasteiger partial charge on any atom is 0.433 e. The Kier molecular flexibility index (Phi) is 7.09. The molecule has 198 valence electrons. The maximum atomic E-state index is 13.9. The average Bonchev–Trinajstić information content (AvgIpc) is 2.81. The van der Waals surface area contributed by atoms with E-state index < -0.39 is 23.5 Å². The topological polar surface area (TPSA) is 122 Å².